The summed E-state index contributed by atoms with van der Waals surface area (Å²) in [6.07, 6.45) is 0.965. The first-order valence-electron chi connectivity index (χ1n) is 5.22. The van der Waals surface area contributed by atoms with Crippen molar-refractivity contribution in [2.75, 3.05) is 19.8 Å². The van der Waals surface area contributed by atoms with E-state index >= 15 is 0 Å². The number of nitrogens with zero attached hydrogens (tertiary/aromatic N) is 1. The second kappa shape index (κ2) is 9.94. The molecule has 6 heteroatoms. The number of aliphatic imine (C=N–C) groups is 1. The maximum atomic E-state index is 5.41. The van der Waals surface area contributed by atoms with E-state index in [1.807, 2.05) is 13.8 Å². The molecule has 0 spiro atoms. The Morgan fingerprint density at radius 3 is 2.33 bits per heavy atom. The molecule has 0 saturated carbocycles. The zero-order valence-electron chi connectivity index (χ0n) is 9.53. The van der Waals surface area contributed by atoms with Gasteiger partial charge in [0.25, 0.3) is 0 Å². The minimum atomic E-state index is -0.0563. The first-order chi connectivity index (χ1) is 7.20. The highest BCUT2D eigenvalue weighted by Crippen LogP contribution is 1.99. The smallest absolute Gasteiger partial charge is 0.185 e. The van der Waals surface area contributed by atoms with Gasteiger partial charge in [0.1, 0.15) is 15.4 Å². The monoisotopic (exact) mass is 231 g/mol. The van der Waals surface area contributed by atoms with E-state index in [2.05, 4.69) is 4.99 Å². The number of hydrogen-bond acceptors (Lipinski definition) is 3. The van der Waals surface area contributed by atoms with E-state index in [0.29, 0.717) is 29.3 Å². The van der Waals surface area contributed by atoms with Crippen molar-refractivity contribution in [2.24, 2.45) is 16.5 Å². The molecule has 88 valence electrons. The van der Waals surface area contributed by atoms with Crippen LogP contribution in [0.2, 0.25) is 6.04 Å². The van der Waals surface area contributed by atoms with Crippen molar-refractivity contribution in [3.63, 3.8) is 0 Å². The van der Waals surface area contributed by atoms with Gasteiger partial charge in [0.05, 0.1) is 0 Å². The summed E-state index contributed by atoms with van der Waals surface area (Å²) >= 11 is 0. The molecule has 0 aromatic heterocycles. The molecule has 5 nitrogen and oxygen atoms in total. The van der Waals surface area contributed by atoms with Gasteiger partial charge < -0.3 is 20.9 Å². The highest BCUT2D eigenvalue weighted by atomic mass is 28.2. The number of guanidine groups is 1. The zero-order chi connectivity index (χ0) is 11.5. The summed E-state index contributed by atoms with van der Waals surface area (Å²) in [6.45, 7) is 5.99. The predicted octanol–water partition coefficient (Wildman–Crippen LogP) is 0.129. The Morgan fingerprint density at radius 2 is 1.87 bits per heavy atom. The maximum Gasteiger partial charge on any atom is 0.185 e. The summed E-state index contributed by atoms with van der Waals surface area (Å²) in [5.74, 6) is 0.101. The normalized spacial score (nSPS) is 10.6. The Bertz CT molecular complexity index is 169. The van der Waals surface area contributed by atoms with Crippen molar-refractivity contribution in [3.05, 3.63) is 0 Å². The van der Waals surface area contributed by atoms with E-state index in [9.17, 15) is 0 Å². The largest absolute Gasteiger partial charge is 0.370 e. The quantitative estimate of drug-likeness (QED) is 0.194. The summed E-state index contributed by atoms with van der Waals surface area (Å²) in [4.78, 5) is 3.91. The Morgan fingerprint density at radius 1 is 1.27 bits per heavy atom. The molecule has 15 heavy (non-hydrogen) atoms. The fraction of sp³-hybridized carbons (Fsp3) is 0.889. The molecule has 0 aliphatic heterocycles. The van der Waals surface area contributed by atoms with Gasteiger partial charge in [0.2, 0.25) is 0 Å². The second-order valence-corrected chi connectivity index (χ2v) is 4.24. The number of rotatable bonds is 9. The molecule has 0 fully saturated rings. The first kappa shape index (κ1) is 14.4. The summed E-state index contributed by atoms with van der Waals surface area (Å²) in [5.41, 5.74) is 10.4. The summed E-state index contributed by atoms with van der Waals surface area (Å²) < 4.78 is 10.8. The van der Waals surface area contributed by atoms with Crippen LogP contribution < -0.4 is 11.5 Å². The lowest BCUT2D eigenvalue weighted by molar-refractivity contribution is -0.0827. The second-order valence-electron chi connectivity index (χ2n) is 2.86. The van der Waals surface area contributed by atoms with Crippen LogP contribution in [0.3, 0.4) is 0 Å². The molecule has 0 amide bonds. The minimum absolute atomic E-state index is 0.0563. The molecule has 0 aromatic carbocycles. The summed E-state index contributed by atoms with van der Waals surface area (Å²) in [5, 5.41) is 0. The third kappa shape index (κ3) is 9.71. The van der Waals surface area contributed by atoms with Crippen LogP contribution in [0.4, 0.5) is 0 Å². The van der Waals surface area contributed by atoms with E-state index < -0.39 is 0 Å². The van der Waals surface area contributed by atoms with Crippen LogP contribution in [0.5, 0.6) is 0 Å². The Balaban J connectivity index is 3.48. The van der Waals surface area contributed by atoms with Gasteiger partial charge in [0.15, 0.2) is 5.96 Å². The molecule has 0 rings (SSSR count). The van der Waals surface area contributed by atoms with Crippen LogP contribution in [0.15, 0.2) is 4.99 Å². The predicted molar refractivity (Wildman–Crippen MR) is 62.9 cm³/mol. The van der Waals surface area contributed by atoms with E-state index in [1.54, 1.807) is 0 Å². The molecule has 4 N–H and O–H groups in total. The molecule has 0 saturated heterocycles. The van der Waals surface area contributed by atoms with Crippen molar-refractivity contribution < 1.29 is 9.47 Å². The van der Waals surface area contributed by atoms with Crippen LogP contribution in [-0.4, -0.2) is 41.2 Å². The van der Waals surface area contributed by atoms with E-state index in [0.717, 1.165) is 12.5 Å². The molecule has 0 heterocycles. The van der Waals surface area contributed by atoms with Crippen molar-refractivity contribution in [1.82, 2.24) is 0 Å². The Kier molecular flexibility index (Phi) is 9.55. The van der Waals surface area contributed by atoms with Crippen LogP contribution in [0.25, 0.3) is 0 Å². The van der Waals surface area contributed by atoms with E-state index in [1.165, 1.54) is 0 Å². The third-order valence-corrected chi connectivity index (χ3v) is 2.89. The molecular weight excluding hydrogens is 210 g/mol. The molecular formula is C9H21N3O2Si. The van der Waals surface area contributed by atoms with Gasteiger partial charge in [-0.3, -0.25) is 4.99 Å². The van der Waals surface area contributed by atoms with E-state index in [-0.39, 0.29) is 11.9 Å². The average molecular weight is 231 g/mol. The van der Waals surface area contributed by atoms with Crippen molar-refractivity contribution >= 4 is 15.5 Å². The van der Waals surface area contributed by atoms with Gasteiger partial charge in [-0.2, -0.15) is 0 Å². The van der Waals surface area contributed by atoms with Gasteiger partial charge in [-0.1, -0.05) is 6.04 Å². The van der Waals surface area contributed by atoms with Gasteiger partial charge in [0, 0.05) is 19.8 Å². The molecule has 0 atom stereocenters. The lowest BCUT2D eigenvalue weighted by Crippen LogP contribution is -2.25. The zero-order valence-corrected chi connectivity index (χ0v) is 10.5. The Labute approximate surface area is 94.0 Å². The molecule has 0 bridgehead atoms. The molecule has 0 unspecified atom stereocenters. The highest BCUT2D eigenvalue weighted by Gasteiger charge is 2.07. The van der Waals surface area contributed by atoms with Crippen LogP contribution in [-0.2, 0) is 9.47 Å². The number of nitrogens with two attached hydrogens (primary N) is 2. The van der Waals surface area contributed by atoms with Crippen molar-refractivity contribution in [3.8, 4) is 0 Å². The summed E-state index contributed by atoms with van der Waals surface area (Å²) in [7, 11) is 0.645. The maximum absolute atomic E-state index is 5.41. The topological polar surface area (TPSA) is 82.9 Å². The fourth-order valence-corrected chi connectivity index (χ4v) is 2.14. The SMILES string of the molecule is CCOC(OCC)[Si]CCCN=C(N)N. The third-order valence-electron chi connectivity index (χ3n) is 1.58. The van der Waals surface area contributed by atoms with Crippen molar-refractivity contribution in [2.45, 2.75) is 32.2 Å². The Hall–Kier alpha value is -0.593. The van der Waals surface area contributed by atoms with Crippen molar-refractivity contribution in [1.29, 1.82) is 0 Å². The molecule has 2 radical (unpaired) electrons. The number of ether oxygens (including phenoxy) is 2. The van der Waals surface area contributed by atoms with Gasteiger partial charge in [-0.05, 0) is 20.3 Å². The number of hydrogen-bond donors (Lipinski definition) is 2. The molecule has 0 aliphatic carbocycles. The van der Waals surface area contributed by atoms with Gasteiger partial charge >= 0.3 is 0 Å². The first-order valence-corrected chi connectivity index (χ1v) is 6.51. The van der Waals surface area contributed by atoms with Crippen LogP contribution in [0.1, 0.15) is 20.3 Å². The minimum Gasteiger partial charge on any atom is -0.370 e. The van der Waals surface area contributed by atoms with Gasteiger partial charge in [-0.15, -0.1) is 0 Å². The van der Waals surface area contributed by atoms with E-state index in [4.69, 9.17) is 20.9 Å². The lowest BCUT2D eigenvalue weighted by atomic mass is 10.5. The lowest BCUT2D eigenvalue weighted by Gasteiger charge is -2.15. The average Bonchev–Trinajstić information content (AvgIpc) is 2.17. The molecule has 0 aliphatic rings. The van der Waals surface area contributed by atoms with Gasteiger partial charge in [-0.25, -0.2) is 0 Å². The van der Waals surface area contributed by atoms with Crippen LogP contribution in [0, 0.1) is 0 Å². The summed E-state index contributed by atoms with van der Waals surface area (Å²) in [6, 6.07) is 1.03. The van der Waals surface area contributed by atoms with Crippen LogP contribution >= 0.6 is 0 Å². The molecule has 0 aromatic rings. The highest BCUT2D eigenvalue weighted by molar-refractivity contribution is 6.36. The fourth-order valence-electron chi connectivity index (χ4n) is 0.976. The standard InChI is InChI=1S/C9H21N3O2Si/c1-3-13-9(14-4-2)15-7-5-6-12-8(10)11/h9H,3-7H2,1-2H3,(H4,10,11,12).